The number of benzene rings is 1. The predicted molar refractivity (Wildman–Crippen MR) is 78.1 cm³/mol. The lowest BCUT2D eigenvalue weighted by molar-refractivity contribution is 0.925. The summed E-state index contributed by atoms with van der Waals surface area (Å²) < 4.78 is 0. The SMILES string of the molecule is Cc1ccccc1C(CN)Sc1ncccc1Cl. The van der Waals surface area contributed by atoms with E-state index in [2.05, 4.69) is 24.0 Å². The lowest BCUT2D eigenvalue weighted by atomic mass is 10.1. The Morgan fingerprint density at radius 2 is 2.06 bits per heavy atom. The third-order valence-electron chi connectivity index (χ3n) is 2.73. The molecule has 0 aliphatic heterocycles. The maximum absolute atomic E-state index is 6.13. The molecule has 2 nitrogen and oxygen atoms in total. The molecule has 2 aromatic rings. The normalized spacial score (nSPS) is 12.4. The van der Waals surface area contributed by atoms with Crippen LogP contribution >= 0.6 is 23.4 Å². The van der Waals surface area contributed by atoms with Crippen molar-refractivity contribution in [1.29, 1.82) is 0 Å². The van der Waals surface area contributed by atoms with Crippen molar-refractivity contribution in [1.82, 2.24) is 4.98 Å². The smallest absolute Gasteiger partial charge is 0.115 e. The molecule has 0 aliphatic carbocycles. The zero-order valence-electron chi connectivity index (χ0n) is 10.1. The van der Waals surface area contributed by atoms with Crippen LogP contribution in [0.4, 0.5) is 0 Å². The van der Waals surface area contributed by atoms with Crippen LogP contribution in [0.1, 0.15) is 16.4 Å². The number of rotatable bonds is 4. The van der Waals surface area contributed by atoms with E-state index >= 15 is 0 Å². The molecule has 0 saturated carbocycles. The van der Waals surface area contributed by atoms with Crippen molar-refractivity contribution in [3.63, 3.8) is 0 Å². The summed E-state index contributed by atoms with van der Waals surface area (Å²) in [6.07, 6.45) is 1.75. The van der Waals surface area contributed by atoms with Crippen LogP contribution < -0.4 is 5.73 Å². The lowest BCUT2D eigenvalue weighted by Crippen LogP contribution is -2.10. The Bertz CT molecular complexity index is 531. The van der Waals surface area contributed by atoms with Gasteiger partial charge in [-0.2, -0.15) is 0 Å². The molecule has 2 rings (SSSR count). The Hall–Kier alpha value is -1.03. The average Bonchev–Trinajstić information content (AvgIpc) is 2.39. The van der Waals surface area contributed by atoms with Gasteiger partial charge in [0.2, 0.25) is 0 Å². The maximum Gasteiger partial charge on any atom is 0.115 e. The molecule has 0 bridgehead atoms. The van der Waals surface area contributed by atoms with Gasteiger partial charge in [0.25, 0.3) is 0 Å². The van der Waals surface area contributed by atoms with E-state index in [1.54, 1.807) is 18.0 Å². The number of nitrogens with zero attached hydrogens (tertiary/aromatic N) is 1. The number of thioether (sulfide) groups is 1. The first-order chi connectivity index (χ1) is 8.72. The van der Waals surface area contributed by atoms with Crippen LogP contribution in [0.2, 0.25) is 5.02 Å². The minimum atomic E-state index is 0.179. The first-order valence-electron chi connectivity index (χ1n) is 5.75. The standard InChI is InChI=1S/C14H15ClN2S/c1-10-5-2-3-6-11(10)13(9-16)18-14-12(15)7-4-8-17-14/h2-8,13H,9,16H2,1H3. The quantitative estimate of drug-likeness (QED) is 0.864. The Morgan fingerprint density at radius 3 is 2.72 bits per heavy atom. The van der Waals surface area contributed by atoms with Crippen molar-refractivity contribution in [3.05, 3.63) is 58.7 Å². The molecule has 1 aromatic heterocycles. The minimum absolute atomic E-state index is 0.179. The number of nitrogens with two attached hydrogens (primary N) is 1. The van der Waals surface area contributed by atoms with E-state index in [1.165, 1.54) is 11.1 Å². The van der Waals surface area contributed by atoms with Gasteiger partial charge in [-0.05, 0) is 30.2 Å². The summed E-state index contributed by atoms with van der Waals surface area (Å²) >= 11 is 7.74. The molecule has 94 valence electrons. The Morgan fingerprint density at radius 1 is 1.28 bits per heavy atom. The van der Waals surface area contributed by atoms with Gasteiger partial charge in [-0.3, -0.25) is 0 Å². The number of aryl methyl sites for hydroxylation is 1. The van der Waals surface area contributed by atoms with Crippen LogP contribution in [0.25, 0.3) is 0 Å². The second-order valence-electron chi connectivity index (χ2n) is 3.99. The third kappa shape index (κ3) is 3.05. The summed E-state index contributed by atoms with van der Waals surface area (Å²) in [7, 11) is 0. The molecular weight excluding hydrogens is 264 g/mol. The summed E-state index contributed by atoms with van der Waals surface area (Å²) in [5, 5.41) is 1.69. The van der Waals surface area contributed by atoms with Gasteiger partial charge in [-0.1, -0.05) is 47.6 Å². The first-order valence-corrected chi connectivity index (χ1v) is 7.01. The molecule has 0 saturated heterocycles. The molecule has 0 amide bonds. The Balaban J connectivity index is 2.26. The second kappa shape index (κ2) is 6.23. The average molecular weight is 279 g/mol. The third-order valence-corrected chi connectivity index (χ3v) is 4.42. The van der Waals surface area contributed by atoms with E-state index in [0.717, 1.165) is 5.03 Å². The van der Waals surface area contributed by atoms with E-state index in [-0.39, 0.29) is 5.25 Å². The first kappa shape index (κ1) is 13.4. The molecular formula is C14H15ClN2S. The van der Waals surface area contributed by atoms with E-state index in [0.29, 0.717) is 11.6 Å². The van der Waals surface area contributed by atoms with Gasteiger partial charge in [0, 0.05) is 18.0 Å². The van der Waals surface area contributed by atoms with Crippen LogP contribution in [0.3, 0.4) is 0 Å². The van der Waals surface area contributed by atoms with E-state index in [1.807, 2.05) is 24.3 Å². The Kier molecular flexibility index (Phi) is 4.64. The summed E-state index contributed by atoms with van der Waals surface area (Å²) in [5.41, 5.74) is 8.37. The molecule has 1 aromatic carbocycles. The number of aromatic nitrogens is 1. The molecule has 0 aliphatic rings. The molecule has 18 heavy (non-hydrogen) atoms. The highest BCUT2D eigenvalue weighted by Gasteiger charge is 2.15. The van der Waals surface area contributed by atoms with E-state index < -0.39 is 0 Å². The topological polar surface area (TPSA) is 38.9 Å². The zero-order valence-corrected chi connectivity index (χ0v) is 11.7. The van der Waals surface area contributed by atoms with Gasteiger partial charge in [-0.25, -0.2) is 4.98 Å². The molecule has 1 atom stereocenters. The van der Waals surface area contributed by atoms with Crippen molar-refractivity contribution in [2.75, 3.05) is 6.54 Å². The van der Waals surface area contributed by atoms with Crippen LogP contribution in [0, 0.1) is 6.92 Å². The molecule has 2 N–H and O–H groups in total. The highest BCUT2D eigenvalue weighted by atomic mass is 35.5. The van der Waals surface area contributed by atoms with Crippen molar-refractivity contribution in [2.24, 2.45) is 5.73 Å². The minimum Gasteiger partial charge on any atom is -0.329 e. The molecule has 1 heterocycles. The summed E-state index contributed by atoms with van der Waals surface area (Å²) in [4.78, 5) is 4.30. The van der Waals surface area contributed by atoms with Crippen LogP contribution in [0.15, 0.2) is 47.6 Å². The highest BCUT2D eigenvalue weighted by molar-refractivity contribution is 7.99. The Labute approximate surface area is 117 Å². The number of halogens is 1. The van der Waals surface area contributed by atoms with Gasteiger partial charge in [0.1, 0.15) is 5.03 Å². The van der Waals surface area contributed by atoms with Crippen LogP contribution in [-0.4, -0.2) is 11.5 Å². The van der Waals surface area contributed by atoms with E-state index in [4.69, 9.17) is 17.3 Å². The highest BCUT2D eigenvalue weighted by Crippen LogP contribution is 2.37. The second-order valence-corrected chi connectivity index (χ2v) is 5.59. The van der Waals surface area contributed by atoms with Crippen molar-refractivity contribution in [3.8, 4) is 0 Å². The van der Waals surface area contributed by atoms with Gasteiger partial charge in [0.05, 0.1) is 5.02 Å². The predicted octanol–water partition coefficient (Wildman–Crippen LogP) is 3.84. The maximum atomic E-state index is 6.13. The van der Waals surface area contributed by atoms with Gasteiger partial charge in [0.15, 0.2) is 0 Å². The van der Waals surface area contributed by atoms with Gasteiger partial charge >= 0.3 is 0 Å². The van der Waals surface area contributed by atoms with Gasteiger partial charge < -0.3 is 5.73 Å². The molecule has 0 fully saturated rings. The number of hydrogen-bond acceptors (Lipinski definition) is 3. The van der Waals surface area contributed by atoms with Crippen LogP contribution in [0.5, 0.6) is 0 Å². The lowest BCUT2D eigenvalue weighted by Gasteiger charge is -2.17. The fraction of sp³-hybridized carbons (Fsp3) is 0.214. The fourth-order valence-corrected chi connectivity index (χ4v) is 3.09. The molecule has 0 spiro atoms. The molecule has 1 unspecified atom stereocenters. The van der Waals surface area contributed by atoms with Crippen molar-refractivity contribution < 1.29 is 0 Å². The zero-order chi connectivity index (χ0) is 13.0. The molecule has 4 heteroatoms. The molecule has 0 radical (unpaired) electrons. The van der Waals surface area contributed by atoms with E-state index in [9.17, 15) is 0 Å². The fourth-order valence-electron chi connectivity index (χ4n) is 1.78. The summed E-state index contributed by atoms with van der Waals surface area (Å²) in [6.45, 7) is 2.65. The van der Waals surface area contributed by atoms with Crippen molar-refractivity contribution >= 4 is 23.4 Å². The monoisotopic (exact) mass is 278 g/mol. The number of pyridine rings is 1. The van der Waals surface area contributed by atoms with Crippen molar-refractivity contribution in [2.45, 2.75) is 17.2 Å². The summed E-state index contributed by atoms with van der Waals surface area (Å²) in [5.74, 6) is 0. The largest absolute Gasteiger partial charge is 0.329 e. The van der Waals surface area contributed by atoms with Crippen LogP contribution in [-0.2, 0) is 0 Å². The number of hydrogen-bond donors (Lipinski definition) is 1. The van der Waals surface area contributed by atoms with Gasteiger partial charge in [-0.15, -0.1) is 0 Å². The summed E-state index contributed by atoms with van der Waals surface area (Å²) in [6, 6.07) is 12.0.